The van der Waals surface area contributed by atoms with E-state index < -0.39 is 15.8 Å². The first-order chi connectivity index (χ1) is 10.3. The number of carbonyl (C=O) groups is 2. The van der Waals surface area contributed by atoms with E-state index in [1.165, 1.54) is 35.6 Å². The maximum atomic E-state index is 11.9. The molecule has 0 N–H and O–H groups in total. The van der Waals surface area contributed by atoms with Crippen molar-refractivity contribution in [2.75, 3.05) is 12.9 Å². The molecular weight excluding hydrogens is 324 g/mol. The molecule has 0 aliphatic heterocycles. The van der Waals surface area contributed by atoms with Gasteiger partial charge < -0.3 is 4.74 Å². The average molecular weight is 338 g/mol. The number of benzene rings is 1. The summed E-state index contributed by atoms with van der Waals surface area (Å²) in [5.74, 6) is -1.02. The first-order valence-electron chi connectivity index (χ1n) is 6.34. The molecule has 0 saturated heterocycles. The molecule has 7 heteroatoms. The maximum Gasteiger partial charge on any atom is 0.338 e. The van der Waals surface area contributed by atoms with Gasteiger partial charge in [-0.25, -0.2) is 13.2 Å². The predicted octanol–water partition coefficient (Wildman–Crippen LogP) is 2.50. The van der Waals surface area contributed by atoms with Crippen molar-refractivity contribution in [3.63, 3.8) is 0 Å². The van der Waals surface area contributed by atoms with Crippen molar-refractivity contribution in [2.24, 2.45) is 0 Å². The number of hydrogen-bond acceptors (Lipinski definition) is 6. The van der Waals surface area contributed by atoms with Crippen molar-refractivity contribution in [1.29, 1.82) is 0 Å². The Labute approximate surface area is 132 Å². The summed E-state index contributed by atoms with van der Waals surface area (Å²) in [5, 5.41) is 0. The standard InChI is InChI=1S/C15H14O5S2/c1-10-6-7-14(21-10)13(16)9-20-15(17)11-4-3-5-12(8-11)22(2,18)19/h3-8H,9H2,1-2H3. The second kappa shape index (κ2) is 6.41. The van der Waals surface area contributed by atoms with E-state index in [0.717, 1.165) is 11.1 Å². The molecule has 5 nitrogen and oxygen atoms in total. The third kappa shape index (κ3) is 4.02. The van der Waals surface area contributed by atoms with Crippen molar-refractivity contribution >= 4 is 32.9 Å². The minimum atomic E-state index is -3.40. The molecule has 2 aromatic rings. The van der Waals surface area contributed by atoms with Crippen LogP contribution >= 0.6 is 11.3 Å². The molecule has 0 aliphatic carbocycles. The highest BCUT2D eigenvalue weighted by molar-refractivity contribution is 7.90. The molecule has 116 valence electrons. The molecule has 0 saturated carbocycles. The van der Waals surface area contributed by atoms with E-state index in [4.69, 9.17) is 4.74 Å². The number of carbonyl (C=O) groups excluding carboxylic acids is 2. The van der Waals surface area contributed by atoms with Crippen LogP contribution < -0.4 is 0 Å². The maximum absolute atomic E-state index is 11.9. The van der Waals surface area contributed by atoms with E-state index in [0.29, 0.717) is 4.88 Å². The Morgan fingerprint density at radius 2 is 1.91 bits per heavy atom. The molecule has 0 fully saturated rings. The van der Waals surface area contributed by atoms with Crippen molar-refractivity contribution in [3.8, 4) is 0 Å². The lowest BCUT2D eigenvalue weighted by molar-refractivity contribution is 0.0475. The monoisotopic (exact) mass is 338 g/mol. The van der Waals surface area contributed by atoms with Crippen LogP contribution in [0.25, 0.3) is 0 Å². The number of esters is 1. The molecule has 0 amide bonds. The number of ketones is 1. The lowest BCUT2D eigenvalue weighted by Gasteiger charge is -2.05. The fourth-order valence-electron chi connectivity index (χ4n) is 1.72. The number of ether oxygens (including phenoxy) is 1. The zero-order valence-electron chi connectivity index (χ0n) is 12.0. The summed E-state index contributed by atoms with van der Waals surface area (Å²) < 4.78 is 27.9. The summed E-state index contributed by atoms with van der Waals surface area (Å²) in [6.07, 6.45) is 1.06. The van der Waals surface area contributed by atoms with Gasteiger partial charge in [-0.2, -0.15) is 0 Å². The van der Waals surface area contributed by atoms with Crippen molar-refractivity contribution in [2.45, 2.75) is 11.8 Å². The molecule has 0 radical (unpaired) electrons. The van der Waals surface area contributed by atoms with Crippen molar-refractivity contribution < 1.29 is 22.7 Å². The summed E-state index contributed by atoms with van der Waals surface area (Å²) in [5.41, 5.74) is 0.0954. The molecule has 0 unspecified atom stereocenters. The van der Waals surface area contributed by atoms with E-state index in [1.54, 1.807) is 6.07 Å². The van der Waals surface area contributed by atoms with Crippen molar-refractivity contribution in [3.05, 3.63) is 51.7 Å². The van der Waals surface area contributed by atoms with Gasteiger partial charge in [-0.1, -0.05) is 6.07 Å². The van der Waals surface area contributed by atoms with Crippen LogP contribution in [0.15, 0.2) is 41.3 Å². The Bertz CT molecular complexity index is 818. The van der Waals surface area contributed by atoms with Gasteiger partial charge in [-0.05, 0) is 37.3 Å². The summed E-state index contributed by atoms with van der Waals surface area (Å²) in [6, 6.07) is 9.02. The van der Waals surface area contributed by atoms with E-state index in [2.05, 4.69) is 0 Å². The fourth-order valence-corrected chi connectivity index (χ4v) is 3.18. The summed E-state index contributed by atoms with van der Waals surface area (Å²) in [4.78, 5) is 25.3. The molecule has 0 atom stereocenters. The molecule has 0 aliphatic rings. The lowest BCUT2D eigenvalue weighted by Crippen LogP contribution is -2.13. The van der Waals surface area contributed by atoms with E-state index in [1.807, 2.05) is 13.0 Å². The molecule has 2 rings (SSSR count). The molecular formula is C15H14O5S2. The topological polar surface area (TPSA) is 77.5 Å². The quantitative estimate of drug-likeness (QED) is 0.618. The fraction of sp³-hybridized carbons (Fsp3) is 0.200. The second-order valence-electron chi connectivity index (χ2n) is 4.71. The molecule has 22 heavy (non-hydrogen) atoms. The number of aryl methyl sites for hydroxylation is 1. The smallest absolute Gasteiger partial charge is 0.338 e. The van der Waals surface area contributed by atoms with Gasteiger partial charge in [0.25, 0.3) is 0 Å². The highest BCUT2D eigenvalue weighted by Gasteiger charge is 2.15. The van der Waals surface area contributed by atoms with Gasteiger partial charge in [0.2, 0.25) is 5.78 Å². The minimum absolute atomic E-state index is 0.0298. The average Bonchev–Trinajstić information content (AvgIpc) is 2.90. The Balaban J connectivity index is 2.05. The van der Waals surface area contributed by atoms with Crippen LogP contribution in [0.5, 0.6) is 0 Å². The Morgan fingerprint density at radius 3 is 2.50 bits per heavy atom. The van der Waals surface area contributed by atoms with Gasteiger partial charge >= 0.3 is 5.97 Å². The molecule has 0 spiro atoms. The van der Waals surface area contributed by atoms with E-state index in [-0.39, 0.29) is 22.8 Å². The van der Waals surface area contributed by atoms with Gasteiger partial charge in [0, 0.05) is 11.1 Å². The van der Waals surface area contributed by atoms with Crippen LogP contribution in [-0.4, -0.2) is 33.0 Å². The minimum Gasteiger partial charge on any atom is -0.454 e. The van der Waals surface area contributed by atoms with Gasteiger partial charge in [-0.3, -0.25) is 4.79 Å². The van der Waals surface area contributed by atoms with Gasteiger partial charge in [0.15, 0.2) is 16.4 Å². The SMILES string of the molecule is Cc1ccc(C(=O)COC(=O)c2cccc(S(C)(=O)=O)c2)s1. The Morgan fingerprint density at radius 1 is 1.18 bits per heavy atom. The van der Waals surface area contributed by atoms with Gasteiger partial charge in [0.1, 0.15) is 0 Å². The Kier molecular flexibility index (Phi) is 4.77. The summed E-state index contributed by atoms with van der Waals surface area (Å²) in [7, 11) is -3.40. The van der Waals surface area contributed by atoms with E-state index >= 15 is 0 Å². The first-order valence-corrected chi connectivity index (χ1v) is 9.05. The lowest BCUT2D eigenvalue weighted by atomic mass is 10.2. The largest absolute Gasteiger partial charge is 0.454 e. The number of Topliss-reactive ketones (excluding diaryl/α,β-unsaturated/α-hetero) is 1. The number of hydrogen-bond donors (Lipinski definition) is 0. The highest BCUT2D eigenvalue weighted by Crippen LogP contribution is 2.16. The van der Waals surface area contributed by atoms with Crippen LogP contribution in [0.3, 0.4) is 0 Å². The molecule has 0 bridgehead atoms. The van der Waals surface area contributed by atoms with Crippen LogP contribution in [0.2, 0.25) is 0 Å². The van der Waals surface area contributed by atoms with Crippen LogP contribution in [0, 0.1) is 6.92 Å². The first kappa shape index (κ1) is 16.4. The second-order valence-corrected chi connectivity index (χ2v) is 8.01. The number of thiophene rings is 1. The predicted molar refractivity (Wildman–Crippen MR) is 83.2 cm³/mol. The third-order valence-electron chi connectivity index (χ3n) is 2.85. The van der Waals surface area contributed by atoms with Gasteiger partial charge in [-0.15, -0.1) is 11.3 Å². The summed E-state index contributed by atoms with van der Waals surface area (Å²) in [6.45, 7) is 1.51. The van der Waals surface area contributed by atoms with Crippen molar-refractivity contribution in [1.82, 2.24) is 0 Å². The third-order valence-corrected chi connectivity index (χ3v) is 5.00. The van der Waals surface area contributed by atoms with Gasteiger partial charge in [0.05, 0.1) is 15.3 Å². The molecule has 1 aromatic heterocycles. The number of rotatable bonds is 5. The van der Waals surface area contributed by atoms with Crippen LogP contribution in [0.4, 0.5) is 0 Å². The van der Waals surface area contributed by atoms with Crippen LogP contribution in [0.1, 0.15) is 24.9 Å². The highest BCUT2D eigenvalue weighted by atomic mass is 32.2. The zero-order chi connectivity index (χ0) is 16.3. The normalized spacial score (nSPS) is 11.2. The number of sulfone groups is 1. The summed E-state index contributed by atoms with van der Waals surface area (Å²) >= 11 is 1.33. The Hall–Kier alpha value is -1.99. The van der Waals surface area contributed by atoms with Crippen LogP contribution in [-0.2, 0) is 14.6 Å². The molecule has 1 aromatic carbocycles. The zero-order valence-corrected chi connectivity index (χ0v) is 13.7. The molecule has 1 heterocycles. The van der Waals surface area contributed by atoms with E-state index in [9.17, 15) is 18.0 Å².